The largest absolute Gasteiger partial charge is 0.392 e. The molecule has 1 aromatic carbocycles. The van der Waals surface area contributed by atoms with Crippen molar-refractivity contribution in [2.24, 2.45) is 17.8 Å². The second kappa shape index (κ2) is 6.09. The minimum Gasteiger partial charge on any atom is -0.392 e. The molecule has 1 saturated carbocycles. The summed E-state index contributed by atoms with van der Waals surface area (Å²) in [5.41, 5.74) is 3.94. The molecule has 1 nitrogen and oxygen atoms in total. The highest BCUT2D eigenvalue weighted by molar-refractivity contribution is 5.30. The zero-order valence-electron chi connectivity index (χ0n) is 12.8. The molecule has 1 heteroatoms. The van der Waals surface area contributed by atoms with Crippen LogP contribution in [0.5, 0.6) is 0 Å². The van der Waals surface area contributed by atoms with E-state index in [4.69, 9.17) is 0 Å². The molecule has 106 valence electrons. The van der Waals surface area contributed by atoms with Gasteiger partial charge in [0.15, 0.2) is 0 Å². The molecule has 1 fully saturated rings. The minimum absolute atomic E-state index is 0.174. The quantitative estimate of drug-likeness (QED) is 0.860. The average Bonchev–Trinajstić information content (AvgIpc) is 2.32. The van der Waals surface area contributed by atoms with Gasteiger partial charge in [-0.1, -0.05) is 32.0 Å². The van der Waals surface area contributed by atoms with E-state index in [1.54, 1.807) is 0 Å². The van der Waals surface area contributed by atoms with E-state index in [0.717, 1.165) is 18.3 Å². The fraction of sp³-hybridized carbons (Fsp3) is 0.667. The standard InChI is InChI=1S/C18H28O/c1-12-7-13(2)9-17(8-12)18(19)11-16-6-5-14(3)15(4)10-16/h5-6,10,12-13,17-19H,7-9,11H2,1-4H3. The van der Waals surface area contributed by atoms with Crippen LogP contribution in [0.25, 0.3) is 0 Å². The normalized spacial score (nSPS) is 29.2. The van der Waals surface area contributed by atoms with E-state index < -0.39 is 0 Å². The highest BCUT2D eigenvalue weighted by atomic mass is 16.3. The number of aryl methyl sites for hydroxylation is 2. The van der Waals surface area contributed by atoms with Crippen LogP contribution in [0.2, 0.25) is 0 Å². The van der Waals surface area contributed by atoms with Crippen molar-refractivity contribution in [1.82, 2.24) is 0 Å². The van der Waals surface area contributed by atoms with Crippen molar-refractivity contribution >= 4 is 0 Å². The molecule has 1 aromatic rings. The molecule has 0 aromatic heterocycles. The van der Waals surface area contributed by atoms with Gasteiger partial charge >= 0.3 is 0 Å². The van der Waals surface area contributed by atoms with Gasteiger partial charge in [-0.15, -0.1) is 0 Å². The van der Waals surface area contributed by atoms with E-state index in [2.05, 4.69) is 45.9 Å². The van der Waals surface area contributed by atoms with Gasteiger partial charge in [0.2, 0.25) is 0 Å². The van der Waals surface area contributed by atoms with Crippen molar-refractivity contribution in [3.05, 3.63) is 34.9 Å². The monoisotopic (exact) mass is 260 g/mol. The highest BCUT2D eigenvalue weighted by Gasteiger charge is 2.28. The predicted octanol–water partition coefficient (Wildman–Crippen LogP) is 4.28. The van der Waals surface area contributed by atoms with E-state index in [0.29, 0.717) is 5.92 Å². The van der Waals surface area contributed by atoms with E-state index in [9.17, 15) is 5.11 Å². The van der Waals surface area contributed by atoms with Crippen LogP contribution in [0.15, 0.2) is 18.2 Å². The van der Waals surface area contributed by atoms with Crippen LogP contribution in [0.4, 0.5) is 0 Å². The maximum absolute atomic E-state index is 10.5. The van der Waals surface area contributed by atoms with Gasteiger partial charge in [-0.25, -0.2) is 0 Å². The first-order chi connectivity index (χ1) is 8.95. The van der Waals surface area contributed by atoms with Crippen molar-refractivity contribution in [3.8, 4) is 0 Å². The third kappa shape index (κ3) is 3.82. The predicted molar refractivity (Wildman–Crippen MR) is 81.3 cm³/mol. The lowest BCUT2D eigenvalue weighted by atomic mass is 9.73. The number of hydrogen-bond acceptors (Lipinski definition) is 1. The lowest BCUT2D eigenvalue weighted by Crippen LogP contribution is -2.30. The summed E-state index contributed by atoms with van der Waals surface area (Å²) >= 11 is 0. The molecule has 0 spiro atoms. The van der Waals surface area contributed by atoms with Crippen molar-refractivity contribution in [3.63, 3.8) is 0 Å². The maximum atomic E-state index is 10.5. The summed E-state index contributed by atoms with van der Waals surface area (Å²) in [6.45, 7) is 8.94. The summed E-state index contributed by atoms with van der Waals surface area (Å²) < 4.78 is 0. The minimum atomic E-state index is -0.174. The molecule has 1 N–H and O–H groups in total. The molecule has 1 aliphatic carbocycles. The van der Waals surface area contributed by atoms with Crippen molar-refractivity contribution < 1.29 is 5.11 Å². The lowest BCUT2D eigenvalue weighted by Gasteiger charge is -2.34. The van der Waals surface area contributed by atoms with Gasteiger partial charge in [-0.2, -0.15) is 0 Å². The zero-order chi connectivity index (χ0) is 14.0. The number of aliphatic hydroxyl groups is 1. The Hall–Kier alpha value is -0.820. The molecule has 1 aliphatic rings. The third-order valence-corrected chi connectivity index (χ3v) is 4.78. The van der Waals surface area contributed by atoms with Crippen LogP contribution >= 0.6 is 0 Å². The molecule has 0 amide bonds. The van der Waals surface area contributed by atoms with Gasteiger partial charge in [0.05, 0.1) is 6.10 Å². The molecule has 0 bridgehead atoms. The topological polar surface area (TPSA) is 20.2 Å². The summed E-state index contributed by atoms with van der Waals surface area (Å²) in [5.74, 6) is 2.02. The van der Waals surface area contributed by atoms with E-state index >= 15 is 0 Å². The Labute approximate surface area is 118 Å². The third-order valence-electron chi connectivity index (χ3n) is 4.78. The fourth-order valence-electron chi connectivity index (χ4n) is 3.66. The smallest absolute Gasteiger partial charge is 0.0608 e. The van der Waals surface area contributed by atoms with Gasteiger partial charge in [0.1, 0.15) is 0 Å². The van der Waals surface area contributed by atoms with Crippen LogP contribution in [0.1, 0.15) is 49.8 Å². The Balaban J connectivity index is 1.99. The van der Waals surface area contributed by atoms with Gasteiger partial charge in [-0.3, -0.25) is 0 Å². The Kier molecular flexibility index (Phi) is 4.67. The van der Waals surface area contributed by atoms with Crippen LogP contribution in [-0.4, -0.2) is 11.2 Å². The van der Waals surface area contributed by atoms with E-state index in [-0.39, 0.29) is 6.10 Å². The van der Waals surface area contributed by atoms with Gasteiger partial charge in [-0.05, 0) is 74.0 Å². The molecule has 3 atom stereocenters. The van der Waals surface area contributed by atoms with Crippen molar-refractivity contribution in [1.29, 1.82) is 0 Å². The molecule has 0 radical (unpaired) electrons. The second-order valence-corrected chi connectivity index (χ2v) is 6.87. The molecular formula is C18H28O. The molecule has 0 saturated heterocycles. The number of hydrogen-bond donors (Lipinski definition) is 1. The average molecular weight is 260 g/mol. The first-order valence-electron chi connectivity index (χ1n) is 7.70. The van der Waals surface area contributed by atoms with Gasteiger partial charge in [0.25, 0.3) is 0 Å². The number of aliphatic hydroxyl groups excluding tert-OH is 1. The van der Waals surface area contributed by atoms with Crippen LogP contribution in [-0.2, 0) is 6.42 Å². The summed E-state index contributed by atoms with van der Waals surface area (Å²) in [5, 5.41) is 10.5. The Morgan fingerprint density at radius 1 is 1.05 bits per heavy atom. The van der Waals surface area contributed by atoms with Crippen molar-refractivity contribution in [2.45, 2.75) is 59.5 Å². The van der Waals surface area contributed by atoms with Crippen LogP contribution in [0, 0.1) is 31.6 Å². The first-order valence-corrected chi connectivity index (χ1v) is 7.70. The highest BCUT2D eigenvalue weighted by Crippen LogP contribution is 2.35. The Bertz CT molecular complexity index is 414. The van der Waals surface area contributed by atoms with E-state index in [1.165, 1.54) is 36.0 Å². The first kappa shape index (κ1) is 14.6. The van der Waals surface area contributed by atoms with Gasteiger partial charge < -0.3 is 5.11 Å². The van der Waals surface area contributed by atoms with Crippen molar-refractivity contribution in [2.75, 3.05) is 0 Å². The Morgan fingerprint density at radius 2 is 1.68 bits per heavy atom. The number of benzene rings is 1. The molecule has 0 heterocycles. The van der Waals surface area contributed by atoms with Crippen LogP contribution in [0.3, 0.4) is 0 Å². The summed E-state index contributed by atoms with van der Waals surface area (Å²) in [7, 11) is 0. The summed E-state index contributed by atoms with van der Waals surface area (Å²) in [4.78, 5) is 0. The molecule has 0 aliphatic heterocycles. The molecular weight excluding hydrogens is 232 g/mol. The number of rotatable bonds is 3. The summed E-state index contributed by atoms with van der Waals surface area (Å²) in [6.07, 6.45) is 4.34. The zero-order valence-corrected chi connectivity index (χ0v) is 12.8. The van der Waals surface area contributed by atoms with Crippen LogP contribution < -0.4 is 0 Å². The van der Waals surface area contributed by atoms with E-state index in [1.807, 2.05) is 0 Å². The second-order valence-electron chi connectivity index (χ2n) is 6.87. The maximum Gasteiger partial charge on any atom is 0.0608 e. The SMILES string of the molecule is Cc1ccc(CC(O)C2CC(C)CC(C)C2)cc1C. The molecule has 2 rings (SSSR count). The van der Waals surface area contributed by atoms with Gasteiger partial charge in [0, 0.05) is 0 Å². The summed E-state index contributed by atoms with van der Waals surface area (Å²) in [6, 6.07) is 6.57. The molecule has 3 unspecified atom stereocenters. The fourth-order valence-corrected chi connectivity index (χ4v) is 3.66. The molecule has 19 heavy (non-hydrogen) atoms. The lowest BCUT2D eigenvalue weighted by molar-refractivity contribution is 0.0561. The Morgan fingerprint density at radius 3 is 2.26 bits per heavy atom.